The molecule has 3 aromatic rings. The van der Waals surface area contributed by atoms with Crippen LogP contribution in [0.2, 0.25) is 0 Å². The van der Waals surface area contributed by atoms with E-state index in [0.717, 1.165) is 34.4 Å². The quantitative estimate of drug-likeness (QED) is 0.399. The Morgan fingerprint density at radius 2 is 1.48 bits per heavy atom. The minimum Gasteiger partial charge on any atom is -0.252 e. The maximum absolute atomic E-state index is 14.2. The molecule has 4 saturated carbocycles. The summed E-state index contributed by atoms with van der Waals surface area (Å²) in [5.74, 6) is 2.60. The van der Waals surface area contributed by atoms with Crippen molar-refractivity contribution in [3.63, 3.8) is 0 Å². The van der Waals surface area contributed by atoms with Crippen molar-refractivity contribution in [3.8, 4) is 0 Å². The highest BCUT2D eigenvalue weighted by Gasteiger charge is 2.51. The first-order valence-electron chi connectivity index (χ1n) is 11.3. The Kier molecular flexibility index (Phi) is 3.57. The van der Waals surface area contributed by atoms with Gasteiger partial charge in [0.05, 0.1) is 11.2 Å². The molecule has 0 amide bonds. The van der Waals surface area contributed by atoms with Crippen molar-refractivity contribution in [2.24, 2.45) is 17.8 Å². The minimum atomic E-state index is -0.177. The van der Waals surface area contributed by atoms with Crippen LogP contribution < -0.4 is 0 Å². The molecule has 29 heavy (non-hydrogen) atoms. The summed E-state index contributed by atoms with van der Waals surface area (Å²) in [5.41, 5.74) is 3.83. The summed E-state index contributed by atoms with van der Waals surface area (Å²) < 4.78 is 14.2. The molecule has 150 valence electrons. The Balaban J connectivity index is 1.61. The maximum Gasteiger partial charge on any atom is 0.123 e. The minimum absolute atomic E-state index is 0.0526. The average molecular weight is 388 g/mol. The Labute approximate surface area is 172 Å². The molecule has 2 heteroatoms. The molecule has 1 nitrogen and oxygen atoms in total. The predicted octanol–water partition coefficient (Wildman–Crippen LogP) is 7.29. The molecular weight excluding hydrogens is 357 g/mol. The van der Waals surface area contributed by atoms with E-state index in [0.29, 0.717) is 5.41 Å². The zero-order valence-electron chi connectivity index (χ0n) is 17.8. The van der Waals surface area contributed by atoms with Gasteiger partial charge in [-0.05, 0) is 96.9 Å². The molecule has 0 saturated heterocycles. The van der Waals surface area contributed by atoms with E-state index in [9.17, 15) is 4.39 Å². The van der Waals surface area contributed by atoms with Crippen molar-refractivity contribution >= 4 is 21.7 Å². The second kappa shape index (κ2) is 5.80. The van der Waals surface area contributed by atoms with Gasteiger partial charge in [0, 0.05) is 16.2 Å². The van der Waals surface area contributed by atoms with Crippen LogP contribution in [0, 0.1) is 23.6 Å². The highest BCUT2D eigenvalue weighted by atomic mass is 19.1. The van der Waals surface area contributed by atoms with Crippen LogP contribution in [0.1, 0.15) is 70.6 Å². The first kappa shape index (κ1) is 17.9. The fourth-order valence-electron chi connectivity index (χ4n) is 7.34. The number of nitrogens with zero attached hydrogens (tertiary/aromatic N) is 1. The molecular formula is C27H30FN. The lowest BCUT2D eigenvalue weighted by molar-refractivity contribution is -0.00512. The van der Waals surface area contributed by atoms with Gasteiger partial charge in [0.1, 0.15) is 5.82 Å². The van der Waals surface area contributed by atoms with Gasteiger partial charge in [0.15, 0.2) is 0 Å². The molecule has 2 aromatic carbocycles. The molecule has 0 spiro atoms. The van der Waals surface area contributed by atoms with Gasteiger partial charge in [-0.3, -0.25) is 4.98 Å². The van der Waals surface area contributed by atoms with Crippen LogP contribution in [0.3, 0.4) is 0 Å². The van der Waals surface area contributed by atoms with Crippen LogP contribution in [0.4, 0.5) is 4.39 Å². The van der Waals surface area contributed by atoms with E-state index in [2.05, 4.69) is 39.0 Å². The summed E-state index contributed by atoms with van der Waals surface area (Å²) in [6.07, 6.45) is 8.44. The molecule has 0 unspecified atom stereocenters. The number of hydrogen-bond acceptors (Lipinski definition) is 1. The van der Waals surface area contributed by atoms with Gasteiger partial charge in [-0.1, -0.05) is 32.9 Å². The lowest BCUT2D eigenvalue weighted by Gasteiger charge is -2.57. The number of pyridine rings is 1. The first-order valence-corrected chi connectivity index (χ1v) is 11.3. The van der Waals surface area contributed by atoms with E-state index < -0.39 is 0 Å². The fourth-order valence-corrected chi connectivity index (χ4v) is 7.34. The normalized spacial score (nSPS) is 31.1. The molecule has 4 bridgehead atoms. The van der Waals surface area contributed by atoms with Crippen molar-refractivity contribution in [1.29, 1.82) is 0 Å². The molecule has 4 aliphatic rings. The van der Waals surface area contributed by atoms with Gasteiger partial charge in [-0.15, -0.1) is 0 Å². The molecule has 4 fully saturated rings. The van der Waals surface area contributed by atoms with E-state index in [1.54, 1.807) is 6.07 Å². The Bertz CT molecular complexity index is 1100. The monoisotopic (exact) mass is 387 g/mol. The molecule has 0 N–H and O–H groups in total. The highest BCUT2D eigenvalue weighted by Crippen LogP contribution is 2.61. The van der Waals surface area contributed by atoms with E-state index in [1.165, 1.54) is 60.9 Å². The first-order chi connectivity index (χ1) is 13.8. The lowest BCUT2D eigenvalue weighted by Crippen LogP contribution is -2.48. The second-order valence-corrected chi connectivity index (χ2v) is 11.3. The summed E-state index contributed by atoms with van der Waals surface area (Å²) in [5, 5.41) is 3.33. The van der Waals surface area contributed by atoms with Crippen molar-refractivity contribution in [3.05, 3.63) is 53.5 Å². The van der Waals surface area contributed by atoms with Crippen LogP contribution in [-0.2, 0) is 10.8 Å². The van der Waals surface area contributed by atoms with Gasteiger partial charge >= 0.3 is 0 Å². The smallest absolute Gasteiger partial charge is 0.123 e. The molecule has 1 aromatic heterocycles. The topological polar surface area (TPSA) is 12.9 Å². The summed E-state index contributed by atoms with van der Waals surface area (Å²) >= 11 is 0. The van der Waals surface area contributed by atoms with E-state index in [4.69, 9.17) is 4.98 Å². The molecule has 4 aliphatic carbocycles. The number of fused-ring (bicyclic) bond motifs is 3. The third-order valence-electron chi connectivity index (χ3n) is 8.12. The predicted molar refractivity (Wildman–Crippen MR) is 118 cm³/mol. The molecule has 1 heterocycles. The summed E-state index contributed by atoms with van der Waals surface area (Å²) in [4.78, 5) is 4.97. The molecule has 7 rings (SSSR count). The average Bonchev–Trinajstić information content (AvgIpc) is 2.65. The van der Waals surface area contributed by atoms with Crippen LogP contribution >= 0.6 is 0 Å². The van der Waals surface area contributed by atoms with Gasteiger partial charge < -0.3 is 0 Å². The van der Waals surface area contributed by atoms with Crippen LogP contribution in [0.15, 0.2) is 36.4 Å². The largest absolute Gasteiger partial charge is 0.252 e. The SMILES string of the molecule is CC(C)(C)c1nc2ccc(F)cc2c2cc(C34CC5CC(CC(C5)C3)C4)ccc12. The Morgan fingerprint density at radius 3 is 2.10 bits per heavy atom. The summed E-state index contributed by atoms with van der Waals surface area (Å²) in [7, 11) is 0. The Hall–Kier alpha value is -1.96. The number of hydrogen-bond donors (Lipinski definition) is 0. The Morgan fingerprint density at radius 1 is 0.828 bits per heavy atom. The maximum atomic E-state index is 14.2. The summed E-state index contributed by atoms with van der Waals surface area (Å²) in [6.45, 7) is 6.66. The van der Waals surface area contributed by atoms with Crippen molar-refractivity contribution in [2.45, 2.75) is 70.1 Å². The van der Waals surface area contributed by atoms with Crippen LogP contribution in [0.25, 0.3) is 21.7 Å². The van der Waals surface area contributed by atoms with Crippen molar-refractivity contribution in [1.82, 2.24) is 4.98 Å². The van der Waals surface area contributed by atoms with Crippen molar-refractivity contribution in [2.75, 3.05) is 0 Å². The third-order valence-corrected chi connectivity index (χ3v) is 8.12. The number of aromatic nitrogens is 1. The van der Waals surface area contributed by atoms with Gasteiger partial charge in [-0.2, -0.15) is 0 Å². The van der Waals surface area contributed by atoms with Gasteiger partial charge in [0.2, 0.25) is 0 Å². The van der Waals surface area contributed by atoms with Gasteiger partial charge in [-0.25, -0.2) is 4.39 Å². The fraction of sp³-hybridized carbons (Fsp3) is 0.519. The zero-order valence-corrected chi connectivity index (χ0v) is 17.8. The van der Waals surface area contributed by atoms with Gasteiger partial charge in [0.25, 0.3) is 0 Å². The second-order valence-electron chi connectivity index (χ2n) is 11.3. The van der Waals surface area contributed by atoms with E-state index in [-0.39, 0.29) is 11.2 Å². The molecule has 0 aliphatic heterocycles. The van der Waals surface area contributed by atoms with Crippen LogP contribution in [0.5, 0.6) is 0 Å². The standard InChI is InChI=1S/C27H30FN/c1-26(2,3)25-21-6-4-19(11-22(21)23-12-20(28)5-7-24(23)29-25)27-13-16-8-17(14-27)10-18(9-16)15-27/h4-7,11-12,16-18H,8-10,13-15H2,1-3H3. The van der Waals surface area contributed by atoms with Crippen LogP contribution in [-0.4, -0.2) is 4.98 Å². The summed E-state index contributed by atoms with van der Waals surface area (Å²) in [6, 6.07) is 12.2. The number of benzene rings is 2. The zero-order chi connectivity index (χ0) is 20.0. The third kappa shape index (κ3) is 2.67. The van der Waals surface area contributed by atoms with Crippen molar-refractivity contribution < 1.29 is 4.39 Å². The molecule has 0 radical (unpaired) electrons. The van der Waals surface area contributed by atoms with E-state index >= 15 is 0 Å². The van der Waals surface area contributed by atoms with E-state index in [1.807, 2.05) is 6.07 Å². The lowest BCUT2D eigenvalue weighted by atomic mass is 9.48. The molecule has 0 atom stereocenters. The highest BCUT2D eigenvalue weighted by molar-refractivity contribution is 6.07. The number of halogens is 1. The number of rotatable bonds is 1.